The van der Waals surface area contributed by atoms with E-state index < -0.39 is 49.4 Å². The quantitative estimate of drug-likeness (QED) is 0.310. The summed E-state index contributed by atoms with van der Waals surface area (Å²) in [4.78, 5) is 0. The average Bonchev–Trinajstić information content (AvgIpc) is 1.96. The summed E-state index contributed by atoms with van der Waals surface area (Å²) in [7, 11) is -6.64. The van der Waals surface area contributed by atoms with Crippen LogP contribution in [0, 0.1) is 0 Å². The number of nitrogens with zero attached hydrogens (tertiary/aromatic N) is 3. The van der Waals surface area contributed by atoms with Gasteiger partial charge < -0.3 is 13.9 Å². The molecule has 0 aliphatic heterocycles. The predicted octanol–water partition coefficient (Wildman–Crippen LogP) is 9.09. The van der Waals surface area contributed by atoms with Gasteiger partial charge in [0.05, 0.1) is 0 Å². The Balaban J connectivity index is -0.000000152. The van der Waals surface area contributed by atoms with Crippen molar-refractivity contribution in [3.8, 4) is 0 Å². The topological polar surface area (TPSA) is 42.3 Å². The molecule has 0 saturated carbocycles. The van der Waals surface area contributed by atoms with Gasteiger partial charge in [-0.15, -0.1) is 0 Å². The van der Waals surface area contributed by atoms with Crippen LogP contribution >= 0.6 is 0 Å². The summed E-state index contributed by atoms with van der Waals surface area (Å²) in [5, 5.41) is 0. The molecule has 0 spiro atoms. The summed E-state index contributed by atoms with van der Waals surface area (Å²) in [5.74, 6) is 0. The first-order chi connectivity index (χ1) is 11.1. The van der Waals surface area contributed by atoms with Gasteiger partial charge in [0.1, 0.15) is 0 Å². The molecule has 0 bridgehead atoms. The van der Waals surface area contributed by atoms with Crippen LogP contribution in [0.5, 0.6) is 0 Å². The monoisotopic (exact) mass is 525 g/mol. The summed E-state index contributed by atoms with van der Waals surface area (Å²) in [6.07, 6.45) is 0. The molecule has 0 amide bonds. The van der Waals surface area contributed by atoms with Crippen LogP contribution in [0.4, 0.5) is 0 Å². The van der Waals surface area contributed by atoms with Gasteiger partial charge in [-0.1, -0.05) is 167 Å². The maximum Gasteiger partial charge on any atom is 3.00 e. The molecule has 0 unspecified atom stereocenters. The molecule has 0 rings (SSSR count). The molecule has 0 radical (unpaired) electrons. The Kier molecular flexibility index (Phi) is 18.1. The maximum atomic E-state index is 4.82. The minimum atomic E-state index is -1.11. The SMILES string of the molecule is C[Si](C)(C)[N-][Si](C)(C)C.C[Si](C)(C)[N-][Si](C)(C)C.C[Si](C)(C)[N-][Si](C)(C)C.[Sc+3]. The minimum absolute atomic E-state index is 0. The molecule has 0 N–H and O–H groups in total. The van der Waals surface area contributed by atoms with Crippen LogP contribution < -0.4 is 0 Å². The first-order valence-corrected chi connectivity index (χ1v) is 31.0. The van der Waals surface area contributed by atoms with E-state index in [0.29, 0.717) is 0 Å². The van der Waals surface area contributed by atoms with Gasteiger partial charge in [0.15, 0.2) is 0 Å². The third kappa shape index (κ3) is 51.1. The molecule has 0 aliphatic carbocycles. The van der Waals surface area contributed by atoms with Gasteiger partial charge in [-0.25, -0.2) is 0 Å². The zero-order chi connectivity index (χ0) is 23.1. The molecule has 0 heterocycles. The third-order valence-electron chi connectivity index (χ3n) is 2.01. The summed E-state index contributed by atoms with van der Waals surface area (Å²) in [6, 6.07) is 0. The van der Waals surface area contributed by atoms with Gasteiger partial charge in [-0.3, -0.25) is 0 Å². The summed E-state index contributed by atoms with van der Waals surface area (Å²) in [5.41, 5.74) is 0. The smallest absolute Gasteiger partial charge is 0.668 e. The fourth-order valence-electron chi connectivity index (χ4n) is 3.02. The van der Waals surface area contributed by atoms with Gasteiger partial charge in [0.25, 0.3) is 0 Å². The van der Waals surface area contributed by atoms with Crippen LogP contribution in [0.15, 0.2) is 0 Å². The number of hydrogen-bond donors (Lipinski definition) is 0. The van der Waals surface area contributed by atoms with E-state index in [1.54, 1.807) is 0 Å². The van der Waals surface area contributed by atoms with Crippen molar-refractivity contribution in [1.29, 1.82) is 0 Å². The standard InChI is InChI=1S/3C6H18NSi2.Sc/c3*1-8(2,3)7-9(4,5)6;/h3*1-6H3;/q3*-1;+3. The van der Waals surface area contributed by atoms with E-state index in [9.17, 15) is 0 Å². The van der Waals surface area contributed by atoms with E-state index in [4.69, 9.17) is 13.9 Å². The van der Waals surface area contributed by atoms with Gasteiger partial charge >= 0.3 is 25.8 Å². The molecule has 0 aliphatic rings. The van der Waals surface area contributed by atoms with Crippen molar-refractivity contribution in [3.63, 3.8) is 0 Å². The van der Waals surface area contributed by atoms with E-state index >= 15 is 0 Å². The molecule has 168 valence electrons. The molecule has 0 fully saturated rings. The van der Waals surface area contributed by atoms with Crippen LogP contribution in [-0.4, -0.2) is 49.4 Å². The molecule has 0 atom stereocenters. The van der Waals surface area contributed by atoms with Gasteiger partial charge in [-0.2, -0.15) is 0 Å². The van der Waals surface area contributed by atoms with E-state index in [2.05, 4.69) is 118 Å². The van der Waals surface area contributed by atoms with Crippen molar-refractivity contribution < 1.29 is 25.8 Å². The molecule has 10 heteroatoms. The Bertz CT molecular complexity index is 297. The first-order valence-electron chi connectivity index (χ1n) is 10.3. The van der Waals surface area contributed by atoms with Crippen LogP contribution in [-0.2, 0) is 25.8 Å². The second-order valence-corrected chi connectivity index (χ2v) is 42.1. The van der Waals surface area contributed by atoms with Crippen molar-refractivity contribution in [2.45, 2.75) is 118 Å². The molecular weight excluding hydrogens is 472 g/mol. The van der Waals surface area contributed by atoms with E-state index in [1.165, 1.54) is 0 Å². The van der Waals surface area contributed by atoms with E-state index in [-0.39, 0.29) is 25.8 Å². The van der Waals surface area contributed by atoms with Crippen molar-refractivity contribution in [2.75, 3.05) is 0 Å². The molecule has 0 aromatic rings. The van der Waals surface area contributed by atoms with Gasteiger partial charge in [0.2, 0.25) is 0 Å². The fraction of sp³-hybridized carbons (Fsp3) is 1.00. The molecule has 28 heavy (non-hydrogen) atoms. The van der Waals surface area contributed by atoms with Crippen LogP contribution in [0.1, 0.15) is 0 Å². The number of rotatable bonds is 6. The number of hydrogen-bond acceptors (Lipinski definition) is 0. The Labute approximate surface area is 205 Å². The minimum Gasteiger partial charge on any atom is -0.668 e. The molecule has 0 saturated heterocycles. The largest absolute Gasteiger partial charge is 3.00 e. The summed E-state index contributed by atoms with van der Waals surface area (Å²) < 4.78 is 14.5. The van der Waals surface area contributed by atoms with Crippen molar-refractivity contribution in [1.82, 2.24) is 0 Å². The van der Waals surface area contributed by atoms with Crippen molar-refractivity contribution in [3.05, 3.63) is 13.9 Å². The Morgan fingerprint density at radius 1 is 0.250 bits per heavy atom. The fourth-order valence-corrected chi connectivity index (χ4v) is 27.2. The van der Waals surface area contributed by atoms with Crippen molar-refractivity contribution >= 4 is 49.4 Å². The van der Waals surface area contributed by atoms with Crippen LogP contribution in [0.2, 0.25) is 118 Å². The molecular formula is C18H54N3ScSi6. The van der Waals surface area contributed by atoms with Gasteiger partial charge in [-0.05, 0) is 0 Å². The van der Waals surface area contributed by atoms with Crippen molar-refractivity contribution in [2.24, 2.45) is 0 Å². The Hall–Kier alpha value is 2.05. The predicted molar refractivity (Wildman–Crippen MR) is 150 cm³/mol. The normalized spacial score (nSPS) is 13.5. The summed E-state index contributed by atoms with van der Waals surface area (Å²) in [6.45, 7) is 41.3. The third-order valence-corrected chi connectivity index (χ3v) is 18.1. The summed E-state index contributed by atoms with van der Waals surface area (Å²) >= 11 is 0. The van der Waals surface area contributed by atoms with Gasteiger partial charge in [0, 0.05) is 0 Å². The maximum absolute atomic E-state index is 4.82. The second kappa shape index (κ2) is 13.6. The zero-order valence-corrected chi connectivity index (χ0v) is 30.7. The second-order valence-electron chi connectivity index (χ2n) is 13.4. The Morgan fingerprint density at radius 3 is 0.321 bits per heavy atom. The molecule has 0 aromatic carbocycles. The Morgan fingerprint density at radius 2 is 0.321 bits per heavy atom. The van der Waals surface area contributed by atoms with E-state index in [1.807, 2.05) is 0 Å². The van der Waals surface area contributed by atoms with Crippen LogP contribution in [0.3, 0.4) is 0 Å². The zero-order valence-electron chi connectivity index (χ0n) is 22.9. The molecule has 0 aromatic heterocycles. The molecule has 3 nitrogen and oxygen atoms in total. The van der Waals surface area contributed by atoms with Crippen LogP contribution in [0.25, 0.3) is 13.9 Å². The first kappa shape index (κ1) is 37.4. The average molecular weight is 526 g/mol. The van der Waals surface area contributed by atoms with E-state index in [0.717, 1.165) is 0 Å².